The first-order valence-electron chi connectivity index (χ1n) is 5.18. The van der Waals surface area contributed by atoms with Gasteiger partial charge < -0.3 is 9.47 Å². The molecule has 1 fully saturated rings. The molecule has 1 heterocycles. The number of hydrogen-bond acceptors (Lipinski definition) is 4. The standard InChI is InChI=1S/C10H19NO3/c1-9(2)14-10(12)8-11-4-3-6-13-7-5-11/h9H,3-8H2,1-2H3. The van der Waals surface area contributed by atoms with Crippen LogP contribution in [0.25, 0.3) is 0 Å². The summed E-state index contributed by atoms with van der Waals surface area (Å²) in [7, 11) is 0. The normalized spacial score (nSPS) is 19.4. The quantitative estimate of drug-likeness (QED) is 0.629. The van der Waals surface area contributed by atoms with Crippen LogP contribution in [0.4, 0.5) is 0 Å². The van der Waals surface area contributed by atoms with Gasteiger partial charge in [-0.3, -0.25) is 9.69 Å². The summed E-state index contributed by atoms with van der Waals surface area (Å²) in [6.07, 6.45) is 0.973. The lowest BCUT2D eigenvalue weighted by Gasteiger charge is -2.18. The highest BCUT2D eigenvalue weighted by molar-refractivity contribution is 5.71. The molecular weight excluding hydrogens is 182 g/mol. The second-order valence-corrected chi connectivity index (χ2v) is 3.78. The minimum absolute atomic E-state index is 0.0225. The number of hydrogen-bond donors (Lipinski definition) is 0. The Hall–Kier alpha value is -0.610. The van der Waals surface area contributed by atoms with Gasteiger partial charge >= 0.3 is 5.97 Å². The molecule has 1 saturated heterocycles. The van der Waals surface area contributed by atoms with Crippen molar-refractivity contribution in [2.45, 2.75) is 26.4 Å². The molecule has 0 amide bonds. The Kier molecular flexibility index (Phi) is 4.90. The van der Waals surface area contributed by atoms with E-state index in [1.165, 1.54) is 0 Å². The Bertz CT molecular complexity index is 174. The molecule has 0 saturated carbocycles. The molecule has 0 unspecified atom stereocenters. The number of carbonyl (C=O) groups excluding carboxylic acids is 1. The lowest BCUT2D eigenvalue weighted by molar-refractivity contribution is -0.148. The third-order valence-corrected chi connectivity index (χ3v) is 2.03. The molecule has 0 radical (unpaired) electrons. The second kappa shape index (κ2) is 5.98. The van der Waals surface area contributed by atoms with Crippen LogP contribution in [-0.2, 0) is 14.3 Å². The fourth-order valence-corrected chi connectivity index (χ4v) is 1.44. The Balaban J connectivity index is 2.23. The molecule has 14 heavy (non-hydrogen) atoms. The van der Waals surface area contributed by atoms with Gasteiger partial charge in [-0.05, 0) is 20.3 Å². The van der Waals surface area contributed by atoms with E-state index in [0.29, 0.717) is 6.54 Å². The van der Waals surface area contributed by atoms with E-state index in [4.69, 9.17) is 9.47 Å². The van der Waals surface area contributed by atoms with Crippen molar-refractivity contribution in [2.24, 2.45) is 0 Å². The van der Waals surface area contributed by atoms with Crippen LogP contribution < -0.4 is 0 Å². The van der Waals surface area contributed by atoms with Crippen LogP contribution in [0.15, 0.2) is 0 Å². The van der Waals surface area contributed by atoms with E-state index < -0.39 is 0 Å². The first-order valence-corrected chi connectivity index (χ1v) is 5.18. The zero-order valence-electron chi connectivity index (χ0n) is 8.99. The summed E-state index contributed by atoms with van der Waals surface area (Å²) in [5.74, 6) is -0.137. The number of rotatable bonds is 3. The molecule has 0 atom stereocenters. The van der Waals surface area contributed by atoms with E-state index in [2.05, 4.69) is 4.90 Å². The van der Waals surface area contributed by atoms with Crippen LogP contribution in [0.1, 0.15) is 20.3 Å². The van der Waals surface area contributed by atoms with Crippen molar-refractivity contribution in [3.05, 3.63) is 0 Å². The van der Waals surface area contributed by atoms with Crippen molar-refractivity contribution in [2.75, 3.05) is 32.8 Å². The SMILES string of the molecule is CC(C)OC(=O)CN1CCCOCC1. The number of nitrogens with zero attached hydrogens (tertiary/aromatic N) is 1. The molecule has 0 N–H and O–H groups in total. The predicted octanol–water partition coefficient (Wildman–Crippen LogP) is 0.660. The molecule has 4 heteroatoms. The third kappa shape index (κ3) is 4.58. The Morgan fingerprint density at radius 1 is 1.43 bits per heavy atom. The Labute approximate surface area is 85.2 Å². The number of carbonyl (C=O) groups is 1. The third-order valence-electron chi connectivity index (χ3n) is 2.03. The fraction of sp³-hybridized carbons (Fsp3) is 0.900. The summed E-state index contributed by atoms with van der Waals surface area (Å²) in [6, 6.07) is 0. The summed E-state index contributed by atoms with van der Waals surface area (Å²) >= 11 is 0. The zero-order chi connectivity index (χ0) is 10.4. The van der Waals surface area contributed by atoms with Crippen molar-refractivity contribution in [3.8, 4) is 0 Å². The smallest absolute Gasteiger partial charge is 0.320 e. The van der Waals surface area contributed by atoms with Crippen molar-refractivity contribution < 1.29 is 14.3 Å². The Morgan fingerprint density at radius 2 is 2.21 bits per heavy atom. The maximum Gasteiger partial charge on any atom is 0.320 e. The topological polar surface area (TPSA) is 38.8 Å². The molecular formula is C10H19NO3. The summed E-state index contributed by atoms with van der Waals surface area (Å²) in [6.45, 7) is 7.39. The maximum atomic E-state index is 11.3. The van der Waals surface area contributed by atoms with E-state index in [1.54, 1.807) is 0 Å². The molecule has 0 aromatic heterocycles. The molecule has 0 bridgehead atoms. The molecule has 0 aromatic rings. The second-order valence-electron chi connectivity index (χ2n) is 3.78. The molecule has 4 nitrogen and oxygen atoms in total. The maximum absolute atomic E-state index is 11.3. The largest absolute Gasteiger partial charge is 0.462 e. The Morgan fingerprint density at radius 3 is 2.93 bits per heavy atom. The lowest BCUT2D eigenvalue weighted by Crippen LogP contribution is -2.33. The van der Waals surface area contributed by atoms with Gasteiger partial charge in [0.25, 0.3) is 0 Å². The van der Waals surface area contributed by atoms with E-state index in [1.807, 2.05) is 13.8 Å². The lowest BCUT2D eigenvalue weighted by atomic mass is 10.4. The zero-order valence-corrected chi connectivity index (χ0v) is 8.99. The van der Waals surface area contributed by atoms with Crippen molar-refractivity contribution in [1.82, 2.24) is 4.90 Å². The van der Waals surface area contributed by atoms with E-state index in [0.717, 1.165) is 32.7 Å². The molecule has 82 valence electrons. The van der Waals surface area contributed by atoms with E-state index in [-0.39, 0.29) is 12.1 Å². The summed E-state index contributed by atoms with van der Waals surface area (Å²) in [5, 5.41) is 0. The van der Waals surface area contributed by atoms with Crippen LogP contribution >= 0.6 is 0 Å². The van der Waals surface area contributed by atoms with Gasteiger partial charge in [-0.1, -0.05) is 0 Å². The average Bonchev–Trinajstić information content (AvgIpc) is 2.31. The van der Waals surface area contributed by atoms with Crippen LogP contribution in [0, 0.1) is 0 Å². The number of esters is 1. The fourth-order valence-electron chi connectivity index (χ4n) is 1.44. The monoisotopic (exact) mass is 201 g/mol. The summed E-state index contributed by atoms with van der Waals surface area (Å²) in [4.78, 5) is 13.4. The van der Waals surface area contributed by atoms with Gasteiger partial charge in [-0.15, -0.1) is 0 Å². The molecule has 0 aromatic carbocycles. The molecule has 0 spiro atoms. The van der Waals surface area contributed by atoms with Gasteiger partial charge in [0.1, 0.15) is 0 Å². The van der Waals surface area contributed by atoms with Gasteiger partial charge in [0.2, 0.25) is 0 Å². The van der Waals surface area contributed by atoms with Gasteiger partial charge in [0.05, 0.1) is 19.3 Å². The van der Waals surface area contributed by atoms with Gasteiger partial charge in [-0.2, -0.15) is 0 Å². The average molecular weight is 201 g/mol. The van der Waals surface area contributed by atoms with Crippen LogP contribution in [0.3, 0.4) is 0 Å². The van der Waals surface area contributed by atoms with Gasteiger partial charge in [0.15, 0.2) is 0 Å². The highest BCUT2D eigenvalue weighted by atomic mass is 16.5. The van der Waals surface area contributed by atoms with E-state index >= 15 is 0 Å². The van der Waals surface area contributed by atoms with Crippen LogP contribution in [0.2, 0.25) is 0 Å². The van der Waals surface area contributed by atoms with E-state index in [9.17, 15) is 4.79 Å². The first kappa shape index (κ1) is 11.5. The van der Waals surface area contributed by atoms with Gasteiger partial charge in [0, 0.05) is 19.7 Å². The van der Waals surface area contributed by atoms with Gasteiger partial charge in [-0.25, -0.2) is 0 Å². The molecule has 1 aliphatic heterocycles. The minimum Gasteiger partial charge on any atom is -0.462 e. The van der Waals surface area contributed by atoms with Crippen LogP contribution in [0.5, 0.6) is 0 Å². The minimum atomic E-state index is -0.137. The highest BCUT2D eigenvalue weighted by Crippen LogP contribution is 2.00. The predicted molar refractivity (Wildman–Crippen MR) is 53.1 cm³/mol. The van der Waals surface area contributed by atoms with Crippen molar-refractivity contribution in [3.63, 3.8) is 0 Å². The number of ether oxygens (including phenoxy) is 2. The van der Waals surface area contributed by atoms with Crippen LogP contribution in [-0.4, -0.2) is 49.8 Å². The molecule has 0 aliphatic carbocycles. The van der Waals surface area contributed by atoms with Crippen molar-refractivity contribution >= 4 is 5.97 Å². The summed E-state index contributed by atoms with van der Waals surface area (Å²) in [5.41, 5.74) is 0. The first-order chi connectivity index (χ1) is 6.68. The van der Waals surface area contributed by atoms with Crippen molar-refractivity contribution in [1.29, 1.82) is 0 Å². The molecule has 1 rings (SSSR count). The summed E-state index contributed by atoms with van der Waals surface area (Å²) < 4.78 is 10.4. The highest BCUT2D eigenvalue weighted by Gasteiger charge is 2.14. The molecule has 1 aliphatic rings.